The maximum absolute atomic E-state index is 12.3. The van der Waals surface area contributed by atoms with Gasteiger partial charge >= 0.3 is 11.9 Å². The van der Waals surface area contributed by atoms with Crippen LogP contribution in [-0.2, 0) is 25.5 Å². The van der Waals surface area contributed by atoms with Gasteiger partial charge in [-0.2, -0.15) is 0 Å². The monoisotopic (exact) mass is 304 g/mol. The van der Waals surface area contributed by atoms with Crippen LogP contribution in [0, 0.1) is 11.8 Å². The van der Waals surface area contributed by atoms with Crippen molar-refractivity contribution < 1.29 is 24.2 Å². The Bertz CT molecular complexity index is 609. The molecule has 3 rings (SSSR count). The van der Waals surface area contributed by atoms with Crippen molar-refractivity contribution >= 4 is 11.9 Å². The molecule has 0 bridgehead atoms. The molecule has 2 aliphatic carbocycles. The van der Waals surface area contributed by atoms with Crippen molar-refractivity contribution in [1.29, 1.82) is 0 Å². The summed E-state index contributed by atoms with van der Waals surface area (Å²) in [5.74, 6) is -2.73. The third-order valence-electron chi connectivity index (χ3n) is 4.99. The highest BCUT2D eigenvalue weighted by atomic mass is 16.5. The summed E-state index contributed by atoms with van der Waals surface area (Å²) < 4.78 is 9.75. The first kappa shape index (κ1) is 15.0. The first-order valence-electron chi connectivity index (χ1n) is 7.55. The molecule has 0 saturated heterocycles. The van der Waals surface area contributed by atoms with Gasteiger partial charge in [-0.15, -0.1) is 0 Å². The van der Waals surface area contributed by atoms with Crippen molar-refractivity contribution in [2.24, 2.45) is 11.8 Å². The Balaban J connectivity index is 2.17. The summed E-state index contributed by atoms with van der Waals surface area (Å²) in [6.45, 7) is 0. The van der Waals surface area contributed by atoms with Gasteiger partial charge in [-0.05, 0) is 41.9 Å². The quantitative estimate of drug-likeness (QED) is 0.842. The molecule has 118 valence electrons. The molecule has 0 unspecified atom stereocenters. The van der Waals surface area contributed by atoms with Gasteiger partial charge in [0.05, 0.1) is 26.2 Å². The number of hydrogen-bond donors (Lipinski definition) is 1. The molecule has 1 N–H and O–H groups in total. The summed E-state index contributed by atoms with van der Waals surface area (Å²) >= 11 is 0. The predicted octanol–water partition coefficient (Wildman–Crippen LogP) is 1.73. The lowest BCUT2D eigenvalue weighted by Crippen LogP contribution is -2.44. The van der Waals surface area contributed by atoms with Gasteiger partial charge in [-0.1, -0.05) is 18.2 Å². The molecule has 0 amide bonds. The minimum Gasteiger partial charge on any atom is -0.469 e. The van der Waals surface area contributed by atoms with Gasteiger partial charge < -0.3 is 14.6 Å². The smallest absolute Gasteiger partial charge is 0.312 e. The maximum Gasteiger partial charge on any atom is 0.312 e. The molecule has 0 radical (unpaired) electrons. The SMILES string of the molecule is COC(=O)[C@@H]1[C@@H](C(=O)OC)[C@H]2CCCc3cccc(c32)[C@@H]1O. The van der Waals surface area contributed by atoms with E-state index < -0.39 is 29.9 Å². The minimum atomic E-state index is -1.04. The summed E-state index contributed by atoms with van der Waals surface area (Å²) in [5.41, 5.74) is 2.93. The zero-order valence-corrected chi connectivity index (χ0v) is 12.7. The van der Waals surface area contributed by atoms with E-state index in [2.05, 4.69) is 0 Å². The van der Waals surface area contributed by atoms with E-state index in [0.717, 1.165) is 36.0 Å². The number of hydrogen-bond acceptors (Lipinski definition) is 5. The molecule has 2 aliphatic rings. The van der Waals surface area contributed by atoms with Crippen molar-refractivity contribution in [2.75, 3.05) is 14.2 Å². The summed E-state index contributed by atoms with van der Waals surface area (Å²) in [4.78, 5) is 24.5. The van der Waals surface area contributed by atoms with Crippen LogP contribution in [0.4, 0.5) is 0 Å². The van der Waals surface area contributed by atoms with Crippen LogP contribution in [0.2, 0.25) is 0 Å². The van der Waals surface area contributed by atoms with Crippen LogP contribution in [0.25, 0.3) is 0 Å². The van der Waals surface area contributed by atoms with Gasteiger partial charge in [-0.3, -0.25) is 9.59 Å². The lowest BCUT2D eigenvalue weighted by molar-refractivity contribution is -0.165. The summed E-state index contributed by atoms with van der Waals surface area (Å²) in [5, 5.41) is 10.7. The fraction of sp³-hybridized carbons (Fsp3) is 0.529. The number of carbonyl (C=O) groups is 2. The number of benzene rings is 1. The number of carbonyl (C=O) groups excluding carboxylic acids is 2. The van der Waals surface area contributed by atoms with Crippen molar-refractivity contribution in [3.63, 3.8) is 0 Å². The molecular formula is C17H20O5. The minimum absolute atomic E-state index is 0.0973. The summed E-state index contributed by atoms with van der Waals surface area (Å²) in [6, 6.07) is 5.77. The third kappa shape index (κ3) is 2.11. The van der Waals surface area contributed by atoms with E-state index in [0.29, 0.717) is 0 Å². The largest absolute Gasteiger partial charge is 0.469 e. The van der Waals surface area contributed by atoms with Crippen molar-refractivity contribution in [2.45, 2.75) is 31.3 Å². The normalized spacial score (nSPS) is 29.4. The van der Waals surface area contributed by atoms with Gasteiger partial charge in [0.1, 0.15) is 5.92 Å². The van der Waals surface area contributed by atoms with Crippen LogP contribution in [-0.4, -0.2) is 31.3 Å². The van der Waals surface area contributed by atoms with E-state index in [1.54, 1.807) is 0 Å². The molecule has 0 spiro atoms. The van der Waals surface area contributed by atoms with Crippen LogP contribution in [0.5, 0.6) is 0 Å². The van der Waals surface area contributed by atoms with Crippen LogP contribution in [0.15, 0.2) is 18.2 Å². The number of methoxy groups -OCH3 is 2. The third-order valence-corrected chi connectivity index (χ3v) is 4.99. The fourth-order valence-electron chi connectivity index (χ4n) is 4.08. The van der Waals surface area contributed by atoms with E-state index >= 15 is 0 Å². The first-order valence-corrected chi connectivity index (χ1v) is 7.55. The molecule has 4 atom stereocenters. The molecule has 0 aromatic heterocycles. The Morgan fingerprint density at radius 1 is 1.14 bits per heavy atom. The number of aliphatic hydroxyl groups excluding tert-OH is 1. The van der Waals surface area contributed by atoms with Gasteiger partial charge in [-0.25, -0.2) is 0 Å². The van der Waals surface area contributed by atoms with E-state index in [4.69, 9.17) is 9.47 Å². The molecule has 0 fully saturated rings. The number of aliphatic hydroxyl groups is 1. The first-order chi connectivity index (χ1) is 10.6. The van der Waals surface area contributed by atoms with Crippen LogP contribution in [0.1, 0.15) is 41.6 Å². The molecule has 0 saturated carbocycles. The Hall–Kier alpha value is -1.88. The molecule has 5 heteroatoms. The second kappa shape index (κ2) is 5.72. The van der Waals surface area contributed by atoms with E-state index in [-0.39, 0.29) is 5.92 Å². The van der Waals surface area contributed by atoms with E-state index in [1.807, 2.05) is 18.2 Å². The summed E-state index contributed by atoms with van der Waals surface area (Å²) in [6.07, 6.45) is 1.66. The average Bonchev–Trinajstić information content (AvgIpc) is 2.56. The lowest BCUT2D eigenvalue weighted by Gasteiger charge is -2.42. The lowest BCUT2D eigenvalue weighted by atomic mass is 9.62. The van der Waals surface area contributed by atoms with Crippen LogP contribution >= 0.6 is 0 Å². The average molecular weight is 304 g/mol. The van der Waals surface area contributed by atoms with Crippen molar-refractivity contribution in [3.05, 3.63) is 34.9 Å². The highest BCUT2D eigenvalue weighted by molar-refractivity contribution is 5.84. The van der Waals surface area contributed by atoms with Gasteiger partial charge in [0.2, 0.25) is 0 Å². The van der Waals surface area contributed by atoms with Crippen molar-refractivity contribution in [3.8, 4) is 0 Å². The van der Waals surface area contributed by atoms with Gasteiger partial charge in [0.15, 0.2) is 0 Å². The molecule has 1 aromatic carbocycles. The standard InChI is InChI=1S/C17H20O5/c1-21-16(19)13-10-7-3-5-9-6-4-8-11(12(9)10)15(18)14(13)17(20)22-2/h4,6,8,10,13-15,18H,3,5,7H2,1-2H3/t10-,13-,14+,15-/m0/s1. The van der Waals surface area contributed by atoms with E-state index in [1.165, 1.54) is 14.2 Å². The molecule has 0 heterocycles. The Morgan fingerprint density at radius 2 is 1.82 bits per heavy atom. The number of aryl methyl sites for hydroxylation is 1. The topological polar surface area (TPSA) is 72.8 Å². The van der Waals surface area contributed by atoms with Crippen LogP contribution < -0.4 is 0 Å². The number of ether oxygens (including phenoxy) is 2. The Morgan fingerprint density at radius 3 is 2.50 bits per heavy atom. The van der Waals surface area contributed by atoms with E-state index in [9.17, 15) is 14.7 Å². The predicted molar refractivity (Wildman–Crippen MR) is 78.1 cm³/mol. The second-order valence-corrected chi connectivity index (χ2v) is 5.96. The van der Waals surface area contributed by atoms with Crippen LogP contribution in [0.3, 0.4) is 0 Å². The second-order valence-electron chi connectivity index (χ2n) is 5.96. The summed E-state index contributed by atoms with van der Waals surface area (Å²) in [7, 11) is 2.59. The number of esters is 2. The highest BCUT2D eigenvalue weighted by Crippen LogP contribution is 2.51. The van der Waals surface area contributed by atoms with Gasteiger partial charge in [0.25, 0.3) is 0 Å². The van der Waals surface area contributed by atoms with Crippen molar-refractivity contribution in [1.82, 2.24) is 0 Å². The zero-order chi connectivity index (χ0) is 15.9. The fourth-order valence-corrected chi connectivity index (χ4v) is 4.08. The molecule has 0 aliphatic heterocycles. The molecule has 22 heavy (non-hydrogen) atoms. The molecule has 1 aromatic rings. The zero-order valence-electron chi connectivity index (χ0n) is 12.7. The molecule has 5 nitrogen and oxygen atoms in total. The Kier molecular flexibility index (Phi) is 3.91. The number of rotatable bonds is 2. The highest BCUT2D eigenvalue weighted by Gasteiger charge is 2.51. The van der Waals surface area contributed by atoms with Gasteiger partial charge in [0, 0.05) is 0 Å². The Labute approximate surface area is 129 Å². The molecular weight excluding hydrogens is 284 g/mol. The maximum atomic E-state index is 12.3.